The zero-order valence-electron chi connectivity index (χ0n) is 15.2. The van der Waals surface area contributed by atoms with Crippen molar-refractivity contribution in [2.75, 3.05) is 0 Å². The molecule has 0 fully saturated rings. The van der Waals surface area contributed by atoms with E-state index >= 15 is 0 Å². The van der Waals surface area contributed by atoms with Crippen LogP contribution < -0.4 is 9.84 Å². The fourth-order valence-corrected chi connectivity index (χ4v) is 3.69. The van der Waals surface area contributed by atoms with Crippen molar-refractivity contribution in [3.05, 3.63) is 107 Å². The molecule has 6 nitrogen and oxygen atoms in total. The van der Waals surface area contributed by atoms with Crippen LogP contribution in [0.25, 0.3) is 23.1 Å². The monoisotopic (exact) mass is 404 g/mol. The summed E-state index contributed by atoms with van der Waals surface area (Å²) in [5, 5.41) is 0.257. The quantitative estimate of drug-likeness (QED) is 0.510. The molecule has 0 saturated heterocycles. The first-order valence-electron chi connectivity index (χ1n) is 8.79. The van der Waals surface area contributed by atoms with Crippen molar-refractivity contribution in [2.24, 2.45) is 0 Å². The normalized spacial score (nSPS) is 11.7. The molecule has 0 aliphatic carbocycles. The molecule has 4 rings (SSSR count). The highest BCUT2D eigenvalue weighted by molar-refractivity contribution is 7.87. The number of hydrogen-bond donors (Lipinski definition) is 0. The van der Waals surface area contributed by atoms with Crippen LogP contribution in [0.5, 0.6) is 0 Å². The lowest BCUT2D eigenvalue weighted by Crippen LogP contribution is -2.33. The van der Waals surface area contributed by atoms with Gasteiger partial charge in [-0.15, -0.1) is 4.73 Å². The second-order valence-corrected chi connectivity index (χ2v) is 7.70. The fraction of sp³-hybridized carbons (Fsp3) is 0. The van der Waals surface area contributed by atoms with Crippen molar-refractivity contribution in [2.45, 2.75) is 4.90 Å². The van der Waals surface area contributed by atoms with Crippen LogP contribution in [-0.4, -0.2) is 18.1 Å². The van der Waals surface area contributed by atoms with Crippen molar-refractivity contribution in [1.82, 2.24) is 9.71 Å². The molecule has 0 spiro atoms. The lowest BCUT2D eigenvalue weighted by Gasteiger charge is -2.12. The summed E-state index contributed by atoms with van der Waals surface area (Å²) >= 11 is 0. The average Bonchev–Trinajstić information content (AvgIpc) is 2.76. The van der Waals surface area contributed by atoms with E-state index in [1.807, 2.05) is 30.3 Å². The molecule has 0 N–H and O–H groups in total. The molecule has 0 saturated carbocycles. The van der Waals surface area contributed by atoms with Gasteiger partial charge in [-0.1, -0.05) is 66.7 Å². The van der Waals surface area contributed by atoms with Gasteiger partial charge in [0, 0.05) is 0 Å². The number of hydrogen-bond acceptors (Lipinski definition) is 5. The molecule has 144 valence electrons. The summed E-state index contributed by atoms with van der Waals surface area (Å²) in [4.78, 5) is 17.3. The molecule has 0 bridgehead atoms. The minimum Gasteiger partial charge on any atom is -0.279 e. The van der Waals surface area contributed by atoms with Crippen LogP contribution in [0.3, 0.4) is 0 Å². The number of benzene rings is 3. The largest absolute Gasteiger partial charge is 0.357 e. The third kappa shape index (κ3) is 3.95. The number of para-hydroxylation sites is 1. The summed E-state index contributed by atoms with van der Waals surface area (Å²) in [7, 11) is -4.22. The van der Waals surface area contributed by atoms with Gasteiger partial charge in [-0.2, -0.15) is 8.42 Å². The first-order chi connectivity index (χ1) is 14.0. The van der Waals surface area contributed by atoms with Crippen molar-refractivity contribution < 1.29 is 12.7 Å². The van der Waals surface area contributed by atoms with Gasteiger partial charge in [0.15, 0.2) is 5.82 Å². The van der Waals surface area contributed by atoms with Gasteiger partial charge in [0.05, 0.1) is 10.9 Å². The van der Waals surface area contributed by atoms with Crippen LogP contribution in [0.1, 0.15) is 11.4 Å². The Morgan fingerprint density at radius 3 is 2.14 bits per heavy atom. The van der Waals surface area contributed by atoms with E-state index in [0.717, 1.165) is 5.56 Å². The summed E-state index contributed by atoms with van der Waals surface area (Å²) < 4.78 is 31.3. The van der Waals surface area contributed by atoms with Gasteiger partial charge >= 0.3 is 10.1 Å². The second-order valence-electron chi connectivity index (χ2n) is 6.17. The van der Waals surface area contributed by atoms with E-state index in [1.165, 1.54) is 12.1 Å². The number of nitrogens with zero attached hydrogens (tertiary/aromatic N) is 2. The predicted octanol–water partition coefficient (Wildman–Crippen LogP) is 3.38. The molecule has 0 aliphatic heterocycles. The SMILES string of the molecule is O=c1c2ccccc2nc(C=Cc2ccccc2)n1OS(=O)(=O)c1ccccc1. The topological polar surface area (TPSA) is 78.3 Å². The highest BCUT2D eigenvalue weighted by Gasteiger charge is 2.20. The molecule has 1 aromatic heterocycles. The van der Waals surface area contributed by atoms with Crippen molar-refractivity contribution >= 4 is 33.2 Å². The molecular formula is C22H16N2O4S. The van der Waals surface area contributed by atoms with Crippen LogP contribution >= 0.6 is 0 Å². The number of rotatable bonds is 5. The van der Waals surface area contributed by atoms with E-state index in [-0.39, 0.29) is 16.1 Å². The molecule has 1 heterocycles. The molecule has 0 atom stereocenters. The minimum absolute atomic E-state index is 0.0574. The summed E-state index contributed by atoms with van der Waals surface area (Å²) in [6.45, 7) is 0. The zero-order chi connectivity index (χ0) is 20.3. The Kier molecular flexibility index (Phi) is 4.97. The maximum atomic E-state index is 13.0. The Bertz CT molecular complexity index is 1350. The Morgan fingerprint density at radius 2 is 1.41 bits per heavy atom. The lowest BCUT2D eigenvalue weighted by atomic mass is 10.2. The molecule has 29 heavy (non-hydrogen) atoms. The molecule has 0 amide bonds. The van der Waals surface area contributed by atoms with E-state index in [4.69, 9.17) is 4.28 Å². The van der Waals surface area contributed by atoms with E-state index in [1.54, 1.807) is 54.6 Å². The molecule has 4 aromatic rings. The maximum Gasteiger partial charge on any atom is 0.357 e. The highest BCUT2D eigenvalue weighted by Crippen LogP contribution is 2.13. The Labute approximate surface area is 167 Å². The Hall–Kier alpha value is -3.71. The van der Waals surface area contributed by atoms with Crippen LogP contribution in [0.15, 0.2) is 94.6 Å². The first kappa shape index (κ1) is 18.6. The highest BCUT2D eigenvalue weighted by atomic mass is 32.2. The number of fused-ring (bicyclic) bond motifs is 1. The standard InChI is InChI=1S/C22H16N2O4S/c25-22-19-13-7-8-14-20(19)23-21(16-15-17-9-3-1-4-10-17)24(22)28-29(26,27)18-11-5-2-6-12-18/h1-16H. The van der Waals surface area contributed by atoms with Gasteiger partial charge < -0.3 is 0 Å². The summed E-state index contributed by atoms with van der Waals surface area (Å²) in [5.41, 5.74) is 0.706. The summed E-state index contributed by atoms with van der Waals surface area (Å²) in [5.74, 6) is 0.0667. The predicted molar refractivity (Wildman–Crippen MR) is 112 cm³/mol. The van der Waals surface area contributed by atoms with Crippen LogP contribution in [0, 0.1) is 0 Å². The first-order valence-corrected chi connectivity index (χ1v) is 10.2. The van der Waals surface area contributed by atoms with E-state index in [0.29, 0.717) is 10.2 Å². The van der Waals surface area contributed by atoms with Crippen LogP contribution in [-0.2, 0) is 10.1 Å². The third-order valence-electron chi connectivity index (χ3n) is 4.19. The molecule has 0 aliphatic rings. The van der Waals surface area contributed by atoms with E-state index in [9.17, 15) is 13.2 Å². The zero-order valence-corrected chi connectivity index (χ0v) is 16.0. The van der Waals surface area contributed by atoms with Gasteiger partial charge in [0.2, 0.25) is 0 Å². The van der Waals surface area contributed by atoms with Gasteiger partial charge in [0.25, 0.3) is 5.56 Å². The fourth-order valence-electron chi connectivity index (χ4n) is 2.77. The van der Waals surface area contributed by atoms with Crippen LogP contribution in [0.4, 0.5) is 0 Å². The van der Waals surface area contributed by atoms with Crippen LogP contribution in [0.2, 0.25) is 0 Å². The van der Waals surface area contributed by atoms with E-state index < -0.39 is 15.7 Å². The Morgan fingerprint density at radius 1 is 0.793 bits per heavy atom. The third-order valence-corrected chi connectivity index (χ3v) is 5.39. The van der Waals surface area contributed by atoms with Crippen molar-refractivity contribution in [1.29, 1.82) is 0 Å². The number of aromatic nitrogens is 2. The summed E-state index contributed by atoms with van der Waals surface area (Å²) in [6.07, 6.45) is 3.27. The summed E-state index contributed by atoms with van der Waals surface area (Å²) in [6, 6.07) is 23.7. The second kappa shape index (κ2) is 7.73. The van der Waals surface area contributed by atoms with Crippen molar-refractivity contribution in [3.63, 3.8) is 0 Å². The molecule has 0 unspecified atom stereocenters. The van der Waals surface area contributed by atoms with Gasteiger partial charge in [-0.3, -0.25) is 9.08 Å². The van der Waals surface area contributed by atoms with E-state index in [2.05, 4.69) is 4.98 Å². The average molecular weight is 404 g/mol. The van der Waals surface area contributed by atoms with Crippen molar-refractivity contribution in [3.8, 4) is 0 Å². The maximum absolute atomic E-state index is 13.0. The van der Waals surface area contributed by atoms with Gasteiger partial charge in [-0.05, 0) is 35.9 Å². The molecule has 3 aromatic carbocycles. The molecule has 7 heteroatoms. The lowest BCUT2D eigenvalue weighted by molar-refractivity contribution is 0.262. The molecular weight excluding hydrogens is 388 g/mol. The van der Waals surface area contributed by atoms with Gasteiger partial charge in [-0.25, -0.2) is 4.98 Å². The minimum atomic E-state index is -4.22. The smallest absolute Gasteiger partial charge is 0.279 e. The van der Waals surface area contributed by atoms with Gasteiger partial charge in [0.1, 0.15) is 4.90 Å². The molecule has 0 radical (unpaired) electrons. The Balaban J connectivity index is 1.86.